The second-order valence-electron chi connectivity index (χ2n) is 6.25. The molecule has 0 atom stereocenters. The highest BCUT2D eigenvalue weighted by molar-refractivity contribution is 5.78. The maximum Gasteiger partial charge on any atom is 0.222 e. The van der Waals surface area contributed by atoms with E-state index in [9.17, 15) is 9.59 Å². The van der Waals surface area contributed by atoms with Crippen LogP contribution in [0.2, 0.25) is 0 Å². The third-order valence-electron chi connectivity index (χ3n) is 4.42. The summed E-state index contributed by atoms with van der Waals surface area (Å²) in [5, 5.41) is 3.34. The first kappa shape index (κ1) is 17.5. The Morgan fingerprint density at radius 2 is 1.83 bits per heavy atom. The van der Waals surface area contributed by atoms with Crippen molar-refractivity contribution in [2.75, 3.05) is 19.6 Å². The standard InChI is InChI=1S/C18H27N3O2/c19-17(22)10-13-21(14-16-4-2-1-3-5-16)18(23)7-6-15-8-11-20-12-9-15/h1-5,15,20H,6-14H2,(H2,19,22). The summed E-state index contributed by atoms with van der Waals surface area (Å²) >= 11 is 0. The van der Waals surface area contributed by atoms with E-state index in [1.807, 2.05) is 30.3 Å². The van der Waals surface area contributed by atoms with Crippen LogP contribution in [0, 0.1) is 5.92 Å². The van der Waals surface area contributed by atoms with Gasteiger partial charge in [-0.15, -0.1) is 0 Å². The number of carbonyl (C=O) groups is 2. The molecular formula is C18H27N3O2. The molecule has 0 spiro atoms. The largest absolute Gasteiger partial charge is 0.370 e. The van der Waals surface area contributed by atoms with E-state index >= 15 is 0 Å². The highest BCUT2D eigenvalue weighted by Gasteiger charge is 2.18. The first-order valence-corrected chi connectivity index (χ1v) is 8.46. The lowest BCUT2D eigenvalue weighted by atomic mass is 9.93. The average Bonchev–Trinajstić information content (AvgIpc) is 2.58. The topological polar surface area (TPSA) is 75.4 Å². The molecule has 126 valence electrons. The number of nitrogens with zero attached hydrogens (tertiary/aromatic N) is 1. The van der Waals surface area contributed by atoms with E-state index in [1.54, 1.807) is 4.90 Å². The van der Waals surface area contributed by atoms with E-state index in [0.29, 0.717) is 25.4 Å². The Bertz CT molecular complexity index is 498. The first-order valence-electron chi connectivity index (χ1n) is 8.46. The molecule has 0 unspecified atom stereocenters. The zero-order chi connectivity index (χ0) is 16.5. The Labute approximate surface area is 138 Å². The van der Waals surface area contributed by atoms with Crippen molar-refractivity contribution in [1.82, 2.24) is 10.2 Å². The van der Waals surface area contributed by atoms with Gasteiger partial charge in [0.1, 0.15) is 0 Å². The van der Waals surface area contributed by atoms with Crippen molar-refractivity contribution in [3.05, 3.63) is 35.9 Å². The Balaban J connectivity index is 1.88. The van der Waals surface area contributed by atoms with Gasteiger partial charge in [-0.3, -0.25) is 9.59 Å². The molecule has 5 heteroatoms. The zero-order valence-corrected chi connectivity index (χ0v) is 13.7. The van der Waals surface area contributed by atoms with Gasteiger partial charge in [-0.2, -0.15) is 0 Å². The molecule has 0 aliphatic carbocycles. The Morgan fingerprint density at radius 1 is 1.13 bits per heavy atom. The second kappa shape index (κ2) is 9.30. The van der Waals surface area contributed by atoms with Crippen molar-refractivity contribution < 1.29 is 9.59 Å². The Kier molecular flexibility index (Phi) is 7.07. The molecule has 3 N–H and O–H groups in total. The highest BCUT2D eigenvalue weighted by atomic mass is 16.2. The third kappa shape index (κ3) is 6.40. The van der Waals surface area contributed by atoms with Crippen molar-refractivity contribution in [3.63, 3.8) is 0 Å². The molecule has 1 aromatic rings. The number of piperidine rings is 1. The van der Waals surface area contributed by atoms with Crippen LogP contribution in [0.4, 0.5) is 0 Å². The van der Waals surface area contributed by atoms with Gasteiger partial charge in [0.05, 0.1) is 0 Å². The van der Waals surface area contributed by atoms with E-state index in [4.69, 9.17) is 5.73 Å². The maximum atomic E-state index is 12.6. The molecule has 1 aromatic carbocycles. The lowest BCUT2D eigenvalue weighted by Gasteiger charge is -2.25. The van der Waals surface area contributed by atoms with Crippen LogP contribution in [0.5, 0.6) is 0 Å². The molecule has 0 aromatic heterocycles. The smallest absolute Gasteiger partial charge is 0.222 e. The van der Waals surface area contributed by atoms with Gasteiger partial charge in [-0.1, -0.05) is 30.3 Å². The van der Waals surface area contributed by atoms with E-state index in [1.165, 1.54) is 0 Å². The Morgan fingerprint density at radius 3 is 2.48 bits per heavy atom. The van der Waals surface area contributed by atoms with Gasteiger partial charge in [0.2, 0.25) is 11.8 Å². The summed E-state index contributed by atoms with van der Waals surface area (Å²) in [5.41, 5.74) is 6.32. The van der Waals surface area contributed by atoms with Crippen molar-refractivity contribution in [2.45, 2.75) is 38.6 Å². The summed E-state index contributed by atoms with van der Waals surface area (Å²) in [4.78, 5) is 25.4. The van der Waals surface area contributed by atoms with Crippen LogP contribution < -0.4 is 11.1 Å². The average molecular weight is 317 g/mol. The lowest BCUT2D eigenvalue weighted by molar-refractivity contribution is -0.132. The van der Waals surface area contributed by atoms with E-state index < -0.39 is 0 Å². The fraction of sp³-hybridized carbons (Fsp3) is 0.556. The Hall–Kier alpha value is -1.88. The minimum atomic E-state index is -0.366. The molecule has 1 aliphatic rings. The second-order valence-corrected chi connectivity index (χ2v) is 6.25. The number of carbonyl (C=O) groups excluding carboxylic acids is 2. The summed E-state index contributed by atoms with van der Waals surface area (Å²) in [7, 11) is 0. The number of amides is 2. The van der Waals surface area contributed by atoms with Gasteiger partial charge in [-0.25, -0.2) is 0 Å². The number of nitrogens with two attached hydrogens (primary N) is 1. The highest BCUT2D eigenvalue weighted by Crippen LogP contribution is 2.19. The summed E-state index contributed by atoms with van der Waals surface area (Å²) in [6.07, 6.45) is 3.99. The summed E-state index contributed by atoms with van der Waals surface area (Å²) in [6, 6.07) is 9.87. The van der Waals surface area contributed by atoms with Gasteiger partial charge in [0.15, 0.2) is 0 Å². The van der Waals surface area contributed by atoms with Crippen molar-refractivity contribution in [2.24, 2.45) is 11.7 Å². The minimum Gasteiger partial charge on any atom is -0.370 e. The predicted molar refractivity (Wildman–Crippen MR) is 90.5 cm³/mol. The normalized spacial score (nSPS) is 15.3. The molecular weight excluding hydrogens is 290 g/mol. The van der Waals surface area contributed by atoms with Crippen LogP contribution >= 0.6 is 0 Å². The maximum absolute atomic E-state index is 12.6. The number of nitrogens with one attached hydrogen (secondary N) is 1. The van der Waals surface area contributed by atoms with Gasteiger partial charge < -0.3 is 16.0 Å². The summed E-state index contributed by atoms with van der Waals surface area (Å²) < 4.78 is 0. The monoisotopic (exact) mass is 317 g/mol. The van der Waals surface area contributed by atoms with E-state index in [-0.39, 0.29) is 18.2 Å². The number of hydrogen-bond acceptors (Lipinski definition) is 3. The predicted octanol–water partition coefficient (Wildman–Crippen LogP) is 1.67. The van der Waals surface area contributed by atoms with Gasteiger partial charge in [0.25, 0.3) is 0 Å². The van der Waals surface area contributed by atoms with Crippen LogP contribution in [0.25, 0.3) is 0 Å². The first-order chi connectivity index (χ1) is 11.1. The number of hydrogen-bond donors (Lipinski definition) is 2. The fourth-order valence-corrected chi connectivity index (χ4v) is 3.00. The molecule has 0 bridgehead atoms. The summed E-state index contributed by atoms with van der Waals surface area (Å²) in [6.45, 7) is 3.04. The fourth-order valence-electron chi connectivity index (χ4n) is 3.00. The van der Waals surface area contributed by atoms with Crippen molar-refractivity contribution in [1.29, 1.82) is 0 Å². The van der Waals surface area contributed by atoms with Crippen LogP contribution in [0.3, 0.4) is 0 Å². The molecule has 0 saturated carbocycles. The van der Waals surface area contributed by atoms with Crippen LogP contribution in [-0.2, 0) is 16.1 Å². The lowest BCUT2D eigenvalue weighted by Crippen LogP contribution is -2.34. The van der Waals surface area contributed by atoms with Crippen LogP contribution in [-0.4, -0.2) is 36.3 Å². The van der Waals surface area contributed by atoms with Gasteiger partial charge >= 0.3 is 0 Å². The molecule has 1 heterocycles. The third-order valence-corrected chi connectivity index (χ3v) is 4.42. The zero-order valence-electron chi connectivity index (χ0n) is 13.7. The summed E-state index contributed by atoms with van der Waals surface area (Å²) in [5.74, 6) is 0.387. The molecule has 23 heavy (non-hydrogen) atoms. The molecule has 2 amide bonds. The van der Waals surface area contributed by atoms with Crippen LogP contribution in [0.1, 0.15) is 37.7 Å². The quantitative estimate of drug-likeness (QED) is 0.766. The number of benzene rings is 1. The molecule has 2 rings (SSSR count). The van der Waals surface area contributed by atoms with E-state index in [0.717, 1.165) is 37.9 Å². The minimum absolute atomic E-state index is 0.119. The molecule has 5 nitrogen and oxygen atoms in total. The number of rotatable bonds is 8. The molecule has 0 radical (unpaired) electrons. The SMILES string of the molecule is NC(=O)CCN(Cc1ccccc1)C(=O)CCC1CCNCC1. The van der Waals surface area contributed by atoms with E-state index in [2.05, 4.69) is 5.32 Å². The molecule has 1 saturated heterocycles. The number of primary amides is 1. The van der Waals surface area contributed by atoms with Gasteiger partial charge in [0, 0.05) is 25.9 Å². The van der Waals surface area contributed by atoms with Crippen LogP contribution in [0.15, 0.2) is 30.3 Å². The van der Waals surface area contributed by atoms with Crippen molar-refractivity contribution >= 4 is 11.8 Å². The molecule has 1 fully saturated rings. The van der Waals surface area contributed by atoms with Gasteiger partial charge in [-0.05, 0) is 43.8 Å². The molecule has 1 aliphatic heterocycles. The van der Waals surface area contributed by atoms with Crippen molar-refractivity contribution in [3.8, 4) is 0 Å².